The minimum Gasteiger partial charge on any atom is -0.485 e. The Morgan fingerprint density at radius 3 is 2.64 bits per heavy atom. The van der Waals surface area contributed by atoms with E-state index in [-0.39, 0.29) is 24.0 Å². The van der Waals surface area contributed by atoms with E-state index in [0.717, 1.165) is 22.1 Å². The number of nitro benzene ring substituents is 1. The quantitative estimate of drug-likeness (QED) is 0.233. The number of ether oxygens (including phenoxy) is 1. The Bertz CT molecular complexity index is 1320. The predicted molar refractivity (Wildman–Crippen MR) is 126 cm³/mol. The molecule has 1 aromatic heterocycles. The lowest BCUT2D eigenvalue weighted by Gasteiger charge is -2.11. The monoisotopic (exact) mass is 463 g/mol. The molecule has 4 rings (SSSR count). The van der Waals surface area contributed by atoms with Crippen LogP contribution in [0, 0.1) is 17.0 Å². The van der Waals surface area contributed by atoms with Crippen molar-refractivity contribution in [2.24, 2.45) is 7.05 Å². The third-order valence-electron chi connectivity index (χ3n) is 5.12. The maximum atomic E-state index is 12.2. The van der Waals surface area contributed by atoms with Crippen LogP contribution in [0.4, 0.5) is 11.4 Å². The zero-order chi connectivity index (χ0) is 23.4. The normalized spacial score (nSPS) is 10.8. The number of non-ortho nitro benzene ring substituents is 1. The van der Waals surface area contributed by atoms with E-state index in [9.17, 15) is 14.9 Å². The van der Waals surface area contributed by atoms with E-state index < -0.39 is 4.92 Å². The van der Waals surface area contributed by atoms with Crippen LogP contribution in [0.5, 0.6) is 5.75 Å². The fraction of sp³-hybridized carbons (Fsp3) is 0.174. The van der Waals surface area contributed by atoms with Crippen LogP contribution in [-0.4, -0.2) is 31.3 Å². The summed E-state index contributed by atoms with van der Waals surface area (Å²) in [7, 11) is 1.82. The Morgan fingerprint density at radius 2 is 1.88 bits per heavy atom. The number of fused-ring (bicyclic) bond motifs is 1. The summed E-state index contributed by atoms with van der Waals surface area (Å²) in [4.78, 5) is 22.5. The van der Waals surface area contributed by atoms with Crippen molar-refractivity contribution in [3.05, 3.63) is 82.2 Å². The molecule has 0 saturated carbocycles. The Hall–Kier alpha value is -3.92. The van der Waals surface area contributed by atoms with Gasteiger partial charge in [0, 0.05) is 24.9 Å². The molecule has 0 unspecified atom stereocenters. The molecule has 1 N–H and O–H groups in total. The van der Waals surface area contributed by atoms with Crippen molar-refractivity contribution in [2.45, 2.75) is 18.7 Å². The zero-order valence-electron chi connectivity index (χ0n) is 18.0. The average Bonchev–Trinajstić information content (AvgIpc) is 3.17. The molecular formula is C23H21N5O4S. The molecule has 33 heavy (non-hydrogen) atoms. The smallest absolute Gasteiger partial charge is 0.269 e. The topological polar surface area (TPSA) is 112 Å². The van der Waals surface area contributed by atoms with Gasteiger partial charge in [-0.1, -0.05) is 42.1 Å². The fourth-order valence-electron chi connectivity index (χ4n) is 3.30. The largest absolute Gasteiger partial charge is 0.485 e. The summed E-state index contributed by atoms with van der Waals surface area (Å²) in [6.45, 7) is 2.28. The van der Waals surface area contributed by atoms with Gasteiger partial charge in [0.1, 0.15) is 12.4 Å². The second-order valence-electron chi connectivity index (χ2n) is 7.30. The average molecular weight is 464 g/mol. The van der Waals surface area contributed by atoms with E-state index in [1.54, 1.807) is 4.57 Å². The van der Waals surface area contributed by atoms with Crippen molar-refractivity contribution < 1.29 is 14.5 Å². The van der Waals surface area contributed by atoms with Crippen molar-refractivity contribution in [3.8, 4) is 5.75 Å². The number of aromatic nitrogens is 3. The molecule has 0 fully saturated rings. The Morgan fingerprint density at radius 1 is 1.12 bits per heavy atom. The molecule has 0 bridgehead atoms. The van der Waals surface area contributed by atoms with Crippen LogP contribution in [-0.2, 0) is 18.4 Å². The molecule has 0 saturated heterocycles. The van der Waals surface area contributed by atoms with E-state index in [1.807, 2.05) is 38.2 Å². The first-order valence-electron chi connectivity index (χ1n) is 10.1. The number of hydrogen-bond acceptors (Lipinski definition) is 7. The molecule has 1 amide bonds. The highest BCUT2D eigenvalue weighted by Crippen LogP contribution is 2.28. The van der Waals surface area contributed by atoms with Crippen molar-refractivity contribution in [1.82, 2.24) is 14.8 Å². The van der Waals surface area contributed by atoms with Gasteiger partial charge in [0.2, 0.25) is 5.91 Å². The van der Waals surface area contributed by atoms with E-state index in [2.05, 4.69) is 27.6 Å². The molecule has 0 aliphatic carbocycles. The first kappa shape index (κ1) is 22.3. The highest BCUT2D eigenvalue weighted by molar-refractivity contribution is 7.99. The zero-order valence-corrected chi connectivity index (χ0v) is 18.8. The van der Waals surface area contributed by atoms with Crippen LogP contribution in [0.25, 0.3) is 10.8 Å². The standard InChI is InChI=1S/C23H21N5O4S/c1-15-19-6-4-3-5-16(19)7-12-20(15)32-13-21-25-26-23(27(21)2)33-14-22(29)24-17-8-10-18(11-9-17)28(30)31/h3-12H,13-14H2,1-2H3,(H,24,29). The summed E-state index contributed by atoms with van der Waals surface area (Å²) >= 11 is 1.24. The second-order valence-corrected chi connectivity index (χ2v) is 8.24. The molecular weight excluding hydrogens is 442 g/mol. The van der Waals surface area contributed by atoms with Gasteiger partial charge in [-0.15, -0.1) is 10.2 Å². The third kappa shape index (κ3) is 5.12. The molecule has 0 atom stereocenters. The number of nitrogens with one attached hydrogen (secondary N) is 1. The van der Waals surface area contributed by atoms with E-state index in [4.69, 9.17) is 4.74 Å². The molecule has 0 radical (unpaired) electrons. The van der Waals surface area contributed by atoms with E-state index >= 15 is 0 Å². The Labute approximate surface area is 193 Å². The number of anilines is 1. The van der Waals surface area contributed by atoms with Crippen molar-refractivity contribution in [3.63, 3.8) is 0 Å². The van der Waals surface area contributed by atoms with Gasteiger partial charge in [0.15, 0.2) is 11.0 Å². The molecule has 1 heterocycles. The lowest BCUT2D eigenvalue weighted by Crippen LogP contribution is -2.14. The predicted octanol–water partition coefficient (Wildman–Crippen LogP) is 4.49. The molecule has 0 aliphatic heterocycles. The van der Waals surface area contributed by atoms with Gasteiger partial charge < -0.3 is 14.6 Å². The van der Waals surface area contributed by atoms with Gasteiger partial charge in [0.25, 0.3) is 5.69 Å². The number of carbonyl (C=O) groups excluding carboxylic acids is 1. The molecule has 0 aliphatic rings. The van der Waals surface area contributed by atoms with Gasteiger partial charge in [-0.25, -0.2) is 0 Å². The van der Waals surface area contributed by atoms with Crippen LogP contribution >= 0.6 is 11.8 Å². The number of hydrogen-bond donors (Lipinski definition) is 1. The highest BCUT2D eigenvalue weighted by atomic mass is 32.2. The van der Waals surface area contributed by atoms with E-state index in [0.29, 0.717) is 16.7 Å². The van der Waals surface area contributed by atoms with Gasteiger partial charge in [-0.2, -0.15) is 0 Å². The molecule has 4 aromatic rings. The van der Waals surface area contributed by atoms with Crippen LogP contribution in [0.3, 0.4) is 0 Å². The van der Waals surface area contributed by atoms with Crippen LogP contribution < -0.4 is 10.1 Å². The maximum absolute atomic E-state index is 12.2. The molecule has 0 spiro atoms. The number of amides is 1. The van der Waals surface area contributed by atoms with Gasteiger partial charge in [-0.05, 0) is 41.5 Å². The summed E-state index contributed by atoms with van der Waals surface area (Å²) in [5.74, 6) is 1.30. The number of aryl methyl sites for hydroxylation is 1. The molecule has 10 heteroatoms. The molecule has 168 valence electrons. The first-order valence-corrected chi connectivity index (χ1v) is 11.1. The SMILES string of the molecule is Cc1c(OCc2nnc(SCC(=O)Nc3ccc([N+](=O)[O-])cc3)n2C)ccc2ccccc12. The van der Waals surface area contributed by atoms with Crippen LogP contribution in [0.2, 0.25) is 0 Å². The van der Waals surface area contributed by atoms with Crippen LogP contribution in [0.1, 0.15) is 11.4 Å². The maximum Gasteiger partial charge on any atom is 0.269 e. The van der Waals surface area contributed by atoms with Gasteiger partial charge in [0.05, 0.1) is 10.7 Å². The lowest BCUT2D eigenvalue weighted by molar-refractivity contribution is -0.384. The minimum absolute atomic E-state index is 0.0323. The fourth-order valence-corrected chi connectivity index (χ4v) is 4.03. The summed E-state index contributed by atoms with van der Waals surface area (Å²) < 4.78 is 7.79. The van der Waals surface area contributed by atoms with Crippen LogP contribution in [0.15, 0.2) is 65.8 Å². The number of benzene rings is 3. The lowest BCUT2D eigenvalue weighted by atomic mass is 10.0. The first-order chi connectivity index (χ1) is 15.9. The number of nitrogens with zero attached hydrogens (tertiary/aromatic N) is 4. The van der Waals surface area contributed by atoms with Gasteiger partial charge >= 0.3 is 0 Å². The summed E-state index contributed by atoms with van der Waals surface area (Å²) in [6, 6.07) is 17.8. The number of rotatable bonds is 8. The molecule has 3 aromatic carbocycles. The number of thioether (sulfide) groups is 1. The van der Waals surface area contributed by atoms with E-state index in [1.165, 1.54) is 36.0 Å². The Kier molecular flexibility index (Phi) is 6.55. The summed E-state index contributed by atoms with van der Waals surface area (Å²) in [6.07, 6.45) is 0. The van der Waals surface area contributed by atoms with Crippen molar-refractivity contribution in [2.75, 3.05) is 11.1 Å². The number of carbonyl (C=O) groups is 1. The molecule has 9 nitrogen and oxygen atoms in total. The van der Waals surface area contributed by atoms with Crippen molar-refractivity contribution >= 4 is 39.8 Å². The third-order valence-corrected chi connectivity index (χ3v) is 6.14. The number of nitro groups is 1. The van der Waals surface area contributed by atoms with Gasteiger partial charge in [-0.3, -0.25) is 14.9 Å². The summed E-state index contributed by atoms with van der Waals surface area (Å²) in [5, 5.41) is 24.6. The van der Waals surface area contributed by atoms with Crippen molar-refractivity contribution in [1.29, 1.82) is 0 Å². The Balaban J connectivity index is 1.33. The summed E-state index contributed by atoms with van der Waals surface area (Å²) in [5.41, 5.74) is 1.52. The minimum atomic E-state index is -0.488. The second kappa shape index (κ2) is 9.70. The highest BCUT2D eigenvalue weighted by Gasteiger charge is 2.14.